The average Bonchev–Trinajstić information content (AvgIpc) is 2.84. The zero-order chi connectivity index (χ0) is 12.8. The quantitative estimate of drug-likeness (QED) is 0.604. The molecule has 2 rings (SSSR count). The van der Waals surface area contributed by atoms with Crippen molar-refractivity contribution in [1.82, 2.24) is 19.6 Å². The van der Waals surface area contributed by atoms with Gasteiger partial charge in [-0.2, -0.15) is 0 Å². The van der Waals surface area contributed by atoms with Crippen LogP contribution in [0.3, 0.4) is 0 Å². The monoisotopic (exact) mass is 249 g/mol. The highest BCUT2D eigenvalue weighted by atomic mass is 16.5. The molecule has 0 amide bonds. The highest BCUT2D eigenvalue weighted by Crippen LogP contribution is 2.09. The van der Waals surface area contributed by atoms with Gasteiger partial charge in [0.05, 0.1) is 6.61 Å². The van der Waals surface area contributed by atoms with Crippen LogP contribution in [0.5, 0.6) is 0 Å². The molecule has 0 aliphatic carbocycles. The Balaban J connectivity index is 1.83. The Morgan fingerprint density at radius 3 is 3.28 bits per heavy atom. The summed E-state index contributed by atoms with van der Waals surface area (Å²) in [5, 5.41) is 10.9. The molecule has 0 atom stereocenters. The van der Waals surface area contributed by atoms with Crippen LogP contribution in [0.4, 0.5) is 5.82 Å². The zero-order valence-corrected chi connectivity index (χ0v) is 10.2. The molecular weight excluding hydrogens is 234 g/mol. The number of esters is 1. The number of carbonyl (C=O) groups is 1. The number of rotatable bonds is 6. The molecule has 7 nitrogen and oxygen atoms in total. The van der Waals surface area contributed by atoms with Crippen LogP contribution >= 0.6 is 0 Å². The second kappa shape index (κ2) is 5.95. The van der Waals surface area contributed by atoms with Crippen LogP contribution in [0, 0.1) is 0 Å². The molecule has 2 aromatic heterocycles. The standard InChI is InChI=1S/C11H15N5O2/c1-2-18-9(17)4-3-5-12-10-11-15-14-8-16(11)7-6-13-10/h6-8H,2-5H2,1H3,(H,12,13). The first-order chi connectivity index (χ1) is 8.81. The summed E-state index contributed by atoms with van der Waals surface area (Å²) in [6.07, 6.45) is 6.15. The summed E-state index contributed by atoms with van der Waals surface area (Å²) in [5.41, 5.74) is 0.675. The van der Waals surface area contributed by atoms with E-state index in [1.165, 1.54) is 0 Å². The van der Waals surface area contributed by atoms with E-state index in [1.54, 1.807) is 30.0 Å². The van der Waals surface area contributed by atoms with Crippen LogP contribution in [-0.2, 0) is 9.53 Å². The van der Waals surface area contributed by atoms with Crippen molar-refractivity contribution >= 4 is 17.4 Å². The Hall–Kier alpha value is -2.18. The number of aromatic nitrogens is 4. The number of fused-ring (bicyclic) bond motifs is 1. The first kappa shape index (κ1) is 12.3. The molecule has 0 aliphatic heterocycles. The van der Waals surface area contributed by atoms with Gasteiger partial charge in [-0.15, -0.1) is 10.2 Å². The van der Waals surface area contributed by atoms with Crippen LogP contribution in [0.15, 0.2) is 18.7 Å². The van der Waals surface area contributed by atoms with Crippen molar-refractivity contribution in [3.63, 3.8) is 0 Å². The summed E-state index contributed by atoms with van der Waals surface area (Å²) in [7, 11) is 0. The molecule has 0 saturated carbocycles. The number of ether oxygens (including phenoxy) is 1. The van der Waals surface area contributed by atoms with Gasteiger partial charge < -0.3 is 10.1 Å². The third kappa shape index (κ3) is 2.93. The Morgan fingerprint density at radius 1 is 1.56 bits per heavy atom. The fourth-order valence-corrected chi connectivity index (χ4v) is 1.56. The van der Waals surface area contributed by atoms with Crippen molar-refractivity contribution in [2.45, 2.75) is 19.8 Å². The zero-order valence-electron chi connectivity index (χ0n) is 10.2. The van der Waals surface area contributed by atoms with Crippen molar-refractivity contribution in [1.29, 1.82) is 0 Å². The number of anilines is 1. The van der Waals surface area contributed by atoms with Gasteiger partial charge in [-0.3, -0.25) is 9.20 Å². The normalized spacial score (nSPS) is 10.5. The summed E-state index contributed by atoms with van der Waals surface area (Å²) >= 11 is 0. The summed E-state index contributed by atoms with van der Waals surface area (Å²) in [5.74, 6) is 0.492. The third-order valence-corrected chi connectivity index (χ3v) is 2.37. The lowest BCUT2D eigenvalue weighted by atomic mass is 10.3. The number of nitrogens with zero attached hydrogens (tertiary/aromatic N) is 4. The lowest BCUT2D eigenvalue weighted by molar-refractivity contribution is -0.143. The van der Waals surface area contributed by atoms with Crippen LogP contribution < -0.4 is 5.32 Å². The van der Waals surface area contributed by atoms with Crippen molar-refractivity contribution < 1.29 is 9.53 Å². The largest absolute Gasteiger partial charge is 0.466 e. The summed E-state index contributed by atoms with van der Waals surface area (Å²) in [6, 6.07) is 0. The molecule has 96 valence electrons. The van der Waals surface area contributed by atoms with E-state index in [0.717, 1.165) is 0 Å². The molecule has 0 spiro atoms. The van der Waals surface area contributed by atoms with Crippen LogP contribution in [0.25, 0.3) is 5.65 Å². The maximum atomic E-state index is 11.1. The first-order valence-electron chi connectivity index (χ1n) is 5.85. The van der Waals surface area contributed by atoms with E-state index < -0.39 is 0 Å². The predicted molar refractivity (Wildman–Crippen MR) is 65.1 cm³/mol. The van der Waals surface area contributed by atoms with Crippen molar-refractivity contribution in [3.05, 3.63) is 18.7 Å². The second-order valence-electron chi connectivity index (χ2n) is 3.67. The molecule has 0 aromatic carbocycles. The molecule has 0 unspecified atom stereocenters. The van der Waals surface area contributed by atoms with Crippen LogP contribution in [0.2, 0.25) is 0 Å². The van der Waals surface area contributed by atoms with E-state index in [0.29, 0.717) is 37.5 Å². The van der Waals surface area contributed by atoms with Gasteiger partial charge in [0, 0.05) is 25.4 Å². The summed E-state index contributed by atoms with van der Waals surface area (Å²) in [4.78, 5) is 15.3. The van der Waals surface area contributed by atoms with E-state index in [1.807, 2.05) is 0 Å². The molecule has 0 bridgehead atoms. The highest BCUT2D eigenvalue weighted by Gasteiger charge is 2.05. The Bertz CT molecular complexity index is 525. The SMILES string of the molecule is CCOC(=O)CCCNc1nccn2cnnc12. The molecule has 0 radical (unpaired) electrons. The first-order valence-corrected chi connectivity index (χ1v) is 5.85. The number of hydrogen-bond donors (Lipinski definition) is 1. The topological polar surface area (TPSA) is 81.4 Å². The van der Waals surface area contributed by atoms with E-state index in [-0.39, 0.29) is 5.97 Å². The van der Waals surface area contributed by atoms with Gasteiger partial charge >= 0.3 is 5.97 Å². The minimum Gasteiger partial charge on any atom is -0.466 e. The van der Waals surface area contributed by atoms with Gasteiger partial charge in [0.1, 0.15) is 6.33 Å². The van der Waals surface area contributed by atoms with E-state index in [4.69, 9.17) is 4.74 Å². The lowest BCUT2D eigenvalue weighted by Crippen LogP contribution is -2.09. The van der Waals surface area contributed by atoms with Gasteiger partial charge in [-0.05, 0) is 13.3 Å². The molecule has 1 N–H and O–H groups in total. The maximum absolute atomic E-state index is 11.1. The molecule has 0 saturated heterocycles. The molecule has 2 aromatic rings. The Kier molecular flexibility index (Phi) is 4.06. The number of carbonyl (C=O) groups excluding carboxylic acids is 1. The number of nitrogens with one attached hydrogen (secondary N) is 1. The van der Waals surface area contributed by atoms with E-state index >= 15 is 0 Å². The Labute approximate surface area is 104 Å². The van der Waals surface area contributed by atoms with Crippen molar-refractivity contribution in [2.75, 3.05) is 18.5 Å². The van der Waals surface area contributed by atoms with Gasteiger partial charge in [-0.1, -0.05) is 0 Å². The highest BCUT2D eigenvalue weighted by molar-refractivity contribution is 5.69. The molecule has 0 aliphatic rings. The summed E-state index contributed by atoms with van der Waals surface area (Å²) < 4.78 is 6.62. The smallest absolute Gasteiger partial charge is 0.305 e. The van der Waals surface area contributed by atoms with Crippen molar-refractivity contribution in [2.24, 2.45) is 0 Å². The second-order valence-corrected chi connectivity index (χ2v) is 3.67. The molecule has 18 heavy (non-hydrogen) atoms. The van der Waals surface area contributed by atoms with Gasteiger partial charge in [0.15, 0.2) is 5.82 Å². The molecule has 2 heterocycles. The molecule has 7 heteroatoms. The average molecular weight is 249 g/mol. The number of hydrogen-bond acceptors (Lipinski definition) is 6. The lowest BCUT2D eigenvalue weighted by Gasteiger charge is -2.05. The predicted octanol–water partition coefficient (Wildman–Crippen LogP) is 0.879. The van der Waals surface area contributed by atoms with E-state index in [9.17, 15) is 4.79 Å². The minimum atomic E-state index is -0.173. The van der Waals surface area contributed by atoms with Crippen LogP contribution in [-0.4, -0.2) is 38.7 Å². The van der Waals surface area contributed by atoms with Crippen LogP contribution in [0.1, 0.15) is 19.8 Å². The van der Waals surface area contributed by atoms with Gasteiger partial charge in [-0.25, -0.2) is 4.98 Å². The maximum Gasteiger partial charge on any atom is 0.305 e. The third-order valence-electron chi connectivity index (χ3n) is 2.37. The molecule has 0 fully saturated rings. The minimum absolute atomic E-state index is 0.173. The van der Waals surface area contributed by atoms with Gasteiger partial charge in [0.2, 0.25) is 5.65 Å². The fraction of sp³-hybridized carbons (Fsp3) is 0.455. The molecular formula is C11H15N5O2. The fourth-order valence-electron chi connectivity index (χ4n) is 1.56. The van der Waals surface area contributed by atoms with E-state index in [2.05, 4.69) is 20.5 Å². The van der Waals surface area contributed by atoms with Crippen molar-refractivity contribution in [3.8, 4) is 0 Å². The summed E-state index contributed by atoms with van der Waals surface area (Å²) in [6.45, 7) is 2.86. The Morgan fingerprint density at radius 2 is 2.44 bits per heavy atom. The van der Waals surface area contributed by atoms with Gasteiger partial charge in [0.25, 0.3) is 0 Å².